The van der Waals surface area contributed by atoms with Crippen LogP contribution in [0.5, 0.6) is 0 Å². The van der Waals surface area contributed by atoms with Gasteiger partial charge in [-0.15, -0.1) is 0 Å². The van der Waals surface area contributed by atoms with Gasteiger partial charge in [0.2, 0.25) is 0 Å². The maximum absolute atomic E-state index is 11.1. The molecule has 0 aliphatic carbocycles. The lowest BCUT2D eigenvalue weighted by Crippen LogP contribution is -2.39. The van der Waals surface area contributed by atoms with Gasteiger partial charge in [-0.3, -0.25) is 0 Å². The van der Waals surface area contributed by atoms with Crippen molar-refractivity contribution in [3.8, 4) is 0 Å². The second-order valence-electron chi connectivity index (χ2n) is 12.8. The maximum Gasteiger partial charge on any atom is 0.143 e. The molecule has 0 bridgehead atoms. The molecule has 3 aromatic carbocycles. The van der Waals surface area contributed by atoms with Crippen LogP contribution in [0.2, 0.25) is 0 Å². The highest BCUT2D eigenvalue weighted by Gasteiger charge is 2.38. The molecule has 0 radical (unpaired) electrons. The predicted octanol–water partition coefficient (Wildman–Crippen LogP) is 10.5. The third kappa shape index (κ3) is 12.9. The Bertz CT molecular complexity index is 975. The number of aliphatic hydroxyl groups excluding tert-OH is 1. The van der Waals surface area contributed by atoms with Crippen molar-refractivity contribution in [1.29, 1.82) is 0 Å². The van der Waals surface area contributed by atoms with E-state index >= 15 is 0 Å². The summed E-state index contributed by atoms with van der Waals surface area (Å²) in [6, 6.07) is 31.2. The molecular weight excluding hydrogens is 538 g/mol. The van der Waals surface area contributed by atoms with E-state index in [1.165, 1.54) is 103 Å². The molecule has 3 nitrogen and oxygen atoms in total. The van der Waals surface area contributed by atoms with Crippen molar-refractivity contribution in [2.24, 2.45) is 0 Å². The Morgan fingerprint density at radius 3 is 1.25 bits per heavy atom. The molecule has 0 amide bonds. The highest BCUT2D eigenvalue weighted by Crippen LogP contribution is 2.40. The molecule has 3 rings (SSSR count). The highest BCUT2D eigenvalue weighted by atomic mass is 16.5. The van der Waals surface area contributed by atoms with E-state index in [1.807, 2.05) is 18.2 Å². The predicted molar refractivity (Wildman–Crippen MR) is 188 cm³/mol. The first kappa shape index (κ1) is 36.0. The standard InChI is InChI=1S/C41H61NO2/c1-3-4-5-6-7-8-9-10-11-12-13-14-15-16-17-27-34-42(2)35-40(43)36-44-41(37-28-21-18-22-29-37,38-30-23-19-24-31-38)39-32-25-20-26-33-39/h18-26,28-33,40,43H,3-17,27,34-36H2,1-2H3. The van der Waals surface area contributed by atoms with Crippen molar-refractivity contribution in [3.05, 3.63) is 108 Å². The van der Waals surface area contributed by atoms with Gasteiger partial charge < -0.3 is 14.7 Å². The molecule has 0 heterocycles. The lowest BCUT2D eigenvalue weighted by Gasteiger charge is -2.37. The molecule has 44 heavy (non-hydrogen) atoms. The molecule has 3 aromatic rings. The van der Waals surface area contributed by atoms with Crippen molar-refractivity contribution in [2.75, 3.05) is 26.7 Å². The van der Waals surface area contributed by atoms with Crippen LogP contribution in [0.1, 0.15) is 126 Å². The van der Waals surface area contributed by atoms with E-state index in [-0.39, 0.29) is 6.61 Å². The van der Waals surface area contributed by atoms with Gasteiger partial charge in [-0.25, -0.2) is 0 Å². The molecule has 0 fully saturated rings. The Hall–Kier alpha value is -2.46. The van der Waals surface area contributed by atoms with Crippen LogP contribution in [0.25, 0.3) is 0 Å². The third-order valence-corrected chi connectivity index (χ3v) is 8.95. The van der Waals surface area contributed by atoms with Gasteiger partial charge >= 0.3 is 0 Å². The number of nitrogens with zero attached hydrogens (tertiary/aromatic N) is 1. The number of hydrogen-bond donors (Lipinski definition) is 1. The topological polar surface area (TPSA) is 32.7 Å². The fraction of sp³-hybridized carbons (Fsp3) is 0.561. The molecule has 0 aliphatic rings. The average Bonchev–Trinajstić information content (AvgIpc) is 3.06. The Morgan fingerprint density at radius 2 is 0.886 bits per heavy atom. The van der Waals surface area contributed by atoms with E-state index < -0.39 is 11.7 Å². The van der Waals surface area contributed by atoms with E-state index in [1.54, 1.807) is 0 Å². The Balaban J connectivity index is 1.34. The van der Waals surface area contributed by atoms with Gasteiger partial charge in [0.1, 0.15) is 5.60 Å². The normalized spacial score (nSPS) is 12.5. The van der Waals surface area contributed by atoms with Crippen molar-refractivity contribution >= 4 is 0 Å². The maximum atomic E-state index is 11.1. The monoisotopic (exact) mass is 599 g/mol. The summed E-state index contributed by atoms with van der Waals surface area (Å²) in [6.45, 7) is 4.16. The van der Waals surface area contributed by atoms with Crippen LogP contribution < -0.4 is 0 Å². The smallest absolute Gasteiger partial charge is 0.143 e. The first-order valence-corrected chi connectivity index (χ1v) is 17.8. The second kappa shape index (κ2) is 22.1. The summed E-state index contributed by atoms with van der Waals surface area (Å²) in [7, 11) is 2.12. The highest BCUT2D eigenvalue weighted by molar-refractivity contribution is 5.47. The van der Waals surface area contributed by atoms with Gasteiger partial charge in [0.25, 0.3) is 0 Å². The Kier molecular flexibility index (Phi) is 18.1. The number of aliphatic hydroxyl groups is 1. The molecule has 0 saturated carbocycles. The Morgan fingerprint density at radius 1 is 0.545 bits per heavy atom. The lowest BCUT2D eigenvalue weighted by atomic mass is 9.80. The van der Waals surface area contributed by atoms with E-state index in [2.05, 4.69) is 91.7 Å². The number of likely N-dealkylation sites (N-methyl/N-ethyl adjacent to an activating group) is 1. The lowest BCUT2D eigenvalue weighted by molar-refractivity contribution is -0.0449. The molecule has 1 N–H and O–H groups in total. The van der Waals surface area contributed by atoms with Crippen LogP contribution in [-0.4, -0.2) is 42.9 Å². The van der Waals surface area contributed by atoms with Crippen LogP contribution in [0.3, 0.4) is 0 Å². The molecule has 3 heteroatoms. The first-order valence-electron chi connectivity index (χ1n) is 17.8. The summed E-state index contributed by atoms with van der Waals surface area (Å²) >= 11 is 0. The van der Waals surface area contributed by atoms with Crippen molar-refractivity contribution in [2.45, 2.75) is 121 Å². The first-order chi connectivity index (χ1) is 21.7. The molecule has 1 atom stereocenters. The summed E-state index contributed by atoms with van der Waals surface area (Å²) in [4.78, 5) is 2.26. The SMILES string of the molecule is CCCCCCCCCCCCCCCCCCN(C)CC(O)COC(c1ccccc1)(c1ccccc1)c1ccccc1. The van der Waals surface area contributed by atoms with Gasteiger partial charge in [0, 0.05) is 6.54 Å². The second-order valence-corrected chi connectivity index (χ2v) is 12.8. The number of unbranched alkanes of at least 4 members (excludes halogenated alkanes) is 15. The minimum atomic E-state index is -0.794. The molecule has 0 spiro atoms. The largest absolute Gasteiger partial charge is 0.389 e. The van der Waals surface area contributed by atoms with E-state index in [9.17, 15) is 5.11 Å². The minimum absolute atomic E-state index is 0.252. The zero-order valence-corrected chi connectivity index (χ0v) is 28.0. The molecule has 242 valence electrons. The van der Waals surface area contributed by atoms with Crippen LogP contribution in [-0.2, 0) is 10.3 Å². The summed E-state index contributed by atoms with van der Waals surface area (Å²) < 4.78 is 6.81. The van der Waals surface area contributed by atoms with E-state index in [0.717, 1.165) is 23.2 Å². The molecule has 1 unspecified atom stereocenters. The minimum Gasteiger partial charge on any atom is -0.389 e. The fourth-order valence-electron chi connectivity index (χ4n) is 6.42. The van der Waals surface area contributed by atoms with Crippen molar-refractivity contribution in [1.82, 2.24) is 4.90 Å². The molecular formula is C41H61NO2. The summed E-state index contributed by atoms with van der Waals surface area (Å²) in [5.41, 5.74) is 2.39. The summed E-state index contributed by atoms with van der Waals surface area (Å²) in [5.74, 6) is 0. The van der Waals surface area contributed by atoms with Gasteiger partial charge in [0.15, 0.2) is 0 Å². The number of hydrogen-bond acceptors (Lipinski definition) is 3. The molecule has 0 aromatic heterocycles. The Labute approximate surface area is 270 Å². The van der Waals surface area contributed by atoms with Crippen molar-refractivity contribution < 1.29 is 9.84 Å². The summed E-state index contributed by atoms with van der Waals surface area (Å²) in [6.07, 6.45) is 21.6. The zero-order valence-electron chi connectivity index (χ0n) is 28.0. The number of rotatable bonds is 25. The third-order valence-electron chi connectivity index (χ3n) is 8.95. The molecule has 0 aliphatic heterocycles. The fourth-order valence-corrected chi connectivity index (χ4v) is 6.42. The van der Waals surface area contributed by atoms with Crippen LogP contribution in [0, 0.1) is 0 Å². The molecule has 0 saturated heterocycles. The van der Waals surface area contributed by atoms with Crippen molar-refractivity contribution in [3.63, 3.8) is 0 Å². The summed E-state index contributed by atoms with van der Waals surface area (Å²) in [5, 5.41) is 11.1. The van der Waals surface area contributed by atoms with Crippen LogP contribution in [0.15, 0.2) is 91.0 Å². The zero-order chi connectivity index (χ0) is 31.1. The van der Waals surface area contributed by atoms with Gasteiger partial charge in [-0.1, -0.05) is 194 Å². The number of ether oxygens (including phenoxy) is 1. The van der Waals surface area contributed by atoms with Gasteiger partial charge in [0.05, 0.1) is 12.7 Å². The van der Waals surface area contributed by atoms with E-state index in [0.29, 0.717) is 6.54 Å². The van der Waals surface area contributed by atoms with Crippen LogP contribution in [0.4, 0.5) is 0 Å². The quantitative estimate of drug-likeness (QED) is 0.0777. The van der Waals surface area contributed by atoms with Gasteiger partial charge in [-0.2, -0.15) is 0 Å². The number of benzene rings is 3. The van der Waals surface area contributed by atoms with E-state index in [4.69, 9.17) is 4.74 Å². The average molecular weight is 600 g/mol. The van der Waals surface area contributed by atoms with Crippen LogP contribution >= 0.6 is 0 Å². The van der Waals surface area contributed by atoms with Gasteiger partial charge in [-0.05, 0) is 36.7 Å².